The average Bonchev–Trinajstić information content (AvgIpc) is 2.73. The predicted octanol–water partition coefficient (Wildman–Crippen LogP) is 4.69. The molecule has 0 N–H and O–H groups in total. The highest BCUT2D eigenvalue weighted by molar-refractivity contribution is 9.10. The quantitative estimate of drug-likeness (QED) is 0.494. The molecule has 0 radical (unpaired) electrons. The fourth-order valence-electron chi connectivity index (χ4n) is 3.08. The van der Waals surface area contributed by atoms with E-state index in [4.69, 9.17) is 18.9 Å². The number of alkyl halides is 2. The molecule has 146 valence electrons. The maximum absolute atomic E-state index is 6.29. The number of benzene rings is 2. The minimum absolute atomic E-state index is 0.0206. The smallest absolute Gasteiger partial charge is 0.186 e. The van der Waals surface area contributed by atoms with Crippen molar-refractivity contribution in [1.82, 2.24) is 0 Å². The van der Waals surface area contributed by atoms with Crippen LogP contribution in [0, 0.1) is 0 Å². The van der Waals surface area contributed by atoms with Gasteiger partial charge in [-0.2, -0.15) is 0 Å². The van der Waals surface area contributed by atoms with Crippen molar-refractivity contribution in [3.63, 3.8) is 0 Å². The predicted molar refractivity (Wildman–Crippen MR) is 112 cm³/mol. The molecule has 27 heavy (non-hydrogen) atoms. The summed E-state index contributed by atoms with van der Waals surface area (Å²) in [4.78, 5) is -0.0206. The Balaban J connectivity index is 1.73. The standard InChI is InChI=1S/C21H24Br2O4/c1-24-21-20(26-14-16-10-6-3-7-11-16)19(18(23)17(12-22)27-21)25-13-15-8-4-2-5-9-15/h2-11,17-21H,12-14H2,1H3/t17-,18-,19+,20-,21+/m1/s1. The van der Waals surface area contributed by atoms with Crippen LogP contribution in [0.1, 0.15) is 11.1 Å². The highest BCUT2D eigenvalue weighted by Gasteiger charge is 2.46. The van der Waals surface area contributed by atoms with Gasteiger partial charge in [0.15, 0.2) is 6.29 Å². The van der Waals surface area contributed by atoms with Crippen LogP contribution in [0.2, 0.25) is 0 Å². The first-order chi connectivity index (χ1) is 13.2. The van der Waals surface area contributed by atoms with E-state index in [2.05, 4.69) is 44.0 Å². The van der Waals surface area contributed by atoms with E-state index in [0.29, 0.717) is 18.5 Å². The molecule has 3 rings (SSSR count). The first-order valence-corrected chi connectivity index (χ1v) is 11.0. The van der Waals surface area contributed by atoms with Crippen LogP contribution in [0.25, 0.3) is 0 Å². The first kappa shape index (κ1) is 21.0. The molecule has 2 aromatic rings. The topological polar surface area (TPSA) is 36.9 Å². The Bertz CT molecular complexity index is 670. The highest BCUT2D eigenvalue weighted by Crippen LogP contribution is 2.33. The Kier molecular flexibility index (Phi) is 8.30. The number of hydrogen-bond donors (Lipinski definition) is 0. The minimum Gasteiger partial charge on any atom is -0.369 e. The third-order valence-corrected chi connectivity index (χ3v) is 6.27. The maximum Gasteiger partial charge on any atom is 0.186 e. The van der Waals surface area contributed by atoms with Gasteiger partial charge in [0.1, 0.15) is 12.2 Å². The second-order valence-corrected chi connectivity index (χ2v) is 8.10. The summed E-state index contributed by atoms with van der Waals surface area (Å²) in [5.41, 5.74) is 2.22. The molecular formula is C21H24Br2O4. The van der Waals surface area contributed by atoms with Crippen molar-refractivity contribution in [2.75, 3.05) is 12.4 Å². The number of rotatable bonds is 8. The second-order valence-electron chi connectivity index (χ2n) is 6.40. The summed E-state index contributed by atoms with van der Waals surface area (Å²) in [6.45, 7) is 0.975. The molecule has 0 aliphatic carbocycles. The summed E-state index contributed by atoms with van der Waals surface area (Å²) < 4.78 is 24.2. The number of hydrogen-bond acceptors (Lipinski definition) is 4. The van der Waals surface area contributed by atoms with E-state index in [-0.39, 0.29) is 23.1 Å². The van der Waals surface area contributed by atoms with Crippen molar-refractivity contribution < 1.29 is 18.9 Å². The summed E-state index contributed by atoms with van der Waals surface area (Å²) in [6.07, 6.45) is -1.13. The molecule has 0 saturated carbocycles. The second kappa shape index (κ2) is 10.7. The molecule has 5 atom stereocenters. The summed E-state index contributed by atoms with van der Waals surface area (Å²) in [6, 6.07) is 20.2. The SMILES string of the molecule is CO[C@H]1O[C@H](CBr)[C@@H](Br)[C@H](OCc2ccccc2)[C@H]1OCc1ccccc1. The van der Waals surface area contributed by atoms with Gasteiger partial charge >= 0.3 is 0 Å². The zero-order valence-electron chi connectivity index (χ0n) is 15.2. The highest BCUT2D eigenvalue weighted by atomic mass is 79.9. The Hall–Kier alpha value is -0.760. The van der Waals surface area contributed by atoms with Gasteiger partial charge < -0.3 is 18.9 Å². The van der Waals surface area contributed by atoms with Gasteiger partial charge in [0.05, 0.1) is 24.1 Å². The Morgan fingerprint density at radius 2 is 1.37 bits per heavy atom. The van der Waals surface area contributed by atoms with Gasteiger partial charge in [0.2, 0.25) is 0 Å². The van der Waals surface area contributed by atoms with Crippen LogP contribution in [0.5, 0.6) is 0 Å². The van der Waals surface area contributed by atoms with Gasteiger partial charge in [-0.1, -0.05) is 92.5 Å². The maximum atomic E-state index is 6.29. The summed E-state index contributed by atoms with van der Waals surface area (Å²) >= 11 is 7.28. The number of halogens is 2. The molecule has 6 heteroatoms. The molecule has 4 nitrogen and oxygen atoms in total. The van der Waals surface area contributed by atoms with Crippen LogP contribution < -0.4 is 0 Å². The van der Waals surface area contributed by atoms with E-state index in [0.717, 1.165) is 11.1 Å². The fraction of sp³-hybridized carbons (Fsp3) is 0.429. The van der Waals surface area contributed by atoms with Crippen LogP contribution in [-0.2, 0) is 32.2 Å². The van der Waals surface area contributed by atoms with Crippen LogP contribution in [0.4, 0.5) is 0 Å². The van der Waals surface area contributed by atoms with E-state index < -0.39 is 6.29 Å². The normalized spacial score (nSPS) is 28.2. The molecule has 1 heterocycles. The molecule has 0 bridgehead atoms. The molecular weight excluding hydrogens is 476 g/mol. The van der Waals surface area contributed by atoms with Crippen LogP contribution in [0.15, 0.2) is 60.7 Å². The lowest BCUT2D eigenvalue weighted by Gasteiger charge is -2.43. The average molecular weight is 500 g/mol. The van der Waals surface area contributed by atoms with Gasteiger partial charge in [-0.25, -0.2) is 0 Å². The number of ether oxygens (including phenoxy) is 4. The first-order valence-electron chi connectivity index (χ1n) is 8.92. The van der Waals surface area contributed by atoms with Crippen molar-refractivity contribution >= 4 is 31.9 Å². The fourth-order valence-corrected chi connectivity index (χ4v) is 4.90. The van der Waals surface area contributed by atoms with E-state index in [1.807, 2.05) is 48.5 Å². The monoisotopic (exact) mass is 498 g/mol. The molecule has 0 spiro atoms. The van der Waals surface area contributed by atoms with Crippen molar-refractivity contribution in [1.29, 1.82) is 0 Å². The van der Waals surface area contributed by atoms with Crippen molar-refractivity contribution in [2.24, 2.45) is 0 Å². The summed E-state index contributed by atoms with van der Waals surface area (Å²) in [5.74, 6) is 0. The molecule has 0 amide bonds. The molecule has 0 unspecified atom stereocenters. The third kappa shape index (κ3) is 5.62. The van der Waals surface area contributed by atoms with Gasteiger partial charge in [-0.3, -0.25) is 0 Å². The molecule has 1 fully saturated rings. The van der Waals surface area contributed by atoms with E-state index in [1.54, 1.807) is 7.11 Å². The van der Waals surface area contributed by atoms with Gasteiger partial charge in [-0.15, -0.1) is 0 Å². The Morgan fingerprint density at radius 1 is 0.852 bits per heavy atom. The lowest BCUT2D eigenvalue weighted by molar-refractivity contribution is -0.272. The van der Waals surface area contributed by atoms with E-state index in [1.165, 1.54) is 0 Å². The van der Waals surface area contributed by atoms with Crippen molar-refractivity contribution in [3.05, 3.63) is 71.8 Å². The van der Waals surface area contributed by atoms with Crippen molar-refractivity contribution in [2.45, 2.75) is 42.6 Å². The van der Waals surface area contributed by atoms with E-state index in [9.17, 15) is 0 Å². The molecule has 0 aromatic heterocycles. The number of methoxy groups -OCH3 is 1. The van der Waals surface area contributed by atoms with Crippen LogP contribution >= 0.6 is 31.9 Å². The third-order valence-electron chi connectivity index (χ3n) is 4.52. The zero-order chi connectivity index (χ0) is 19.1. The lowest BCUT2D eigenvalue weighted by Crippen LogP contribution is -2.58. The van der Waals surface area contributed by atoms with Crippen molar-refractivity contribution in [3.8, 4) is 0 Å². The Morgan fingerprint density at radius 3 is 1.85 bits per heavy atom. The lowest BCUT2D eigenvalue weighted by atomic mass is 10.0. The summed E-state index contributed by atoms with van der Waals surface area (Å²) in [5, 5.41) is 0.680. The van der Waals surface area contributed by atoms with Gasteiger partial charge in [0.25, 0.3) is 0 Å². The molecule has 1 saturated heterocycles. The minimum atomic E-state index is -0.495. The van der Waals surface area contributed by atoms with Crippen LogP contribution in [-0.4, -0.2) is 41.9 Å². The summed E-state index contributed by atoms with van der Waals surface area (Å²) in [7, 11) is 1.64. The molecule has 1 aliphatic heterocycles. The Labute approximate surface area is 177 Å². The van der Waals surface area contributed by atoms with Gasteiger partial charge in [-0.05, 0) is 11.1 Å². The van der Waals surface area contributed by atoms with E-state index >= 15 is 0 Å². The molecule has 1 aliphatic rings. The largest absolute Gasteiger partial charge is 0.369 e. The van der Waals surface area contributed by atoms with Gasteiger partial charge in [0, 0.05) is 12.4 Å². The zero-order valence-corrected chi connectivity index (χ0v) is 18.3. The molecule has 2 aromatic carbocycles. The van der Waals surface area contributed by atoms with Crippen LogP contribution in [0.3, 0.4) is 0 Å².